The molecule has 20 heavy (non-hydrogen) atoms. The van der Waals surface area contributed by atoms with Crippen LogP contribution in [0.15, 0.2) is 0 Å². The Balaban J connectivity index is 2.39. The number of hydrogen-bond donors (Lipinski definition) is 1. The summed E-state index contributed by atoms with van der Waals surface area (Å²) in [5, 5.41) is 3.63. The summed E-state index contributed by atoms with van der Waals surface area (Å²) in [6.07, 6.45) is -1.44. The van der Waals surface area contributed by atoms with Gasteiger partial charge in [-0.3, -0.25) is 4.90 Å². The molecule has 0 saturated carbocycles. The van der Waals surface area contributed by atoms with Crippen LogP contribution in [0.2, 0.25) is 0 Å². The monoisotopic (exact) mass is 294 g/mol. The van der Waals surface area contributed by atoms with Gasteiger partial charge in [0.15, 0.2) is 0 Å². The normalized spacial score (nSPS) is 20.4. The molecule has 0 atom stereocenters. The molecule has 2 nitrogen and oxygen atoms in total. The Morgan fingerprint density at radius 1 is 1.00 bits per heavy atom. The third-order valence-electron chi connectivity index (χ3n) is 3.56. The number of nitrogens with zero attached hydrogens (tertiary/aromatic N) is 1. The summed E-state index contributed by atoms with van der Waals surface area (Å²) in [6, 6.07) is 0.330. The van der Waals surface area contributed by atoms with Crippen molar-refractivity contribution in [2.75, 3.05) is 19.6 Å². The highest BCUT2D eigenvalue weighted by atomic mass is 19.4. The van der Waals surface area contributed by atoms with Crippen LogP contribution in [0.3, 0.4) is 0 Å². The summed E-state index contributed by atoms with van der Waals surface area (Å²) in [5.41, 5.74) is 0.266. The molecule has 1 fully saturated rings. The molecule has 0 aromatic carbocycles. The SMILES string of the molecule is CC(C)(C)CC(C)(C)NC1CCN(CC(F)(F)F)CC1. The maximum atomic E-state index is 12.3. The number of likely N-dealkylation sites (tertiary alicyclic amines) is 1. The molecule has 1 aliphatic rings. The van der Waals surface area contributed by atoms with E-state index in [2.05, 4.69) is 39.9 Å². The molecule has 1 heterocycles. The number of halogens is 3. The fourth-order valence-corrected chi connectivity index (χ4v) is 3.42. The maximum Gasteiger partial charge on any atom is 0.401 e. The smallest absolute Gasteiger partial charge is 0.309 e. The minimum atomic E-state index is -4.08. The predicted octanol–water partition coefficient (Wildman–Crippen LogP) is 3.82. The summed E-state index contributed by atoms with van der Waals surface area (Å²) >= 11 is 0. The van der Waals surface area contributed by atoms with Gasteiger partial charge in [-0.1, -0.05) is 20.8 Å². The van der Waals surface area contributed by atoms with E-state index in [1.807, 2.05) is 0 Å². The highest BCUT2D eigenvalue weighted by Crippen LogP contribution is 2.28. The molecule has 0 aromatic heterocycles. The highest BCUT2D eigenvalue weighted by Gasteiger charge is 2.34. The predicted molar refractivity (Wildman–Crippen MR) is 76.8 cm³/mol. The van der Waals surface area contributed by atoms with Crippen LogP contribution in [0.25, 0.3) is 0 Å². The van der Waals surface area contributed by atoms with Crippen molar-refractivity contribution in [2.24, 2.45) is 5.41 Å². The Kier molecular flexibility index (Phi) is 5.53. The third-order valence-corrected chi connectivity index (χ3v) is 3.56. The molecule has 0 radical (unpaired) electrons. The second-order valence-corrected chi connectivity index (χ2v) is 7.93. The van der Waals surface area contributed by atoms with E-state index in [9.17, 15) is 13.2 Å². The van der Waals surface area contributed by atoms with E-state index in [-0.39, 0.29) is 11.0 Å². The summed E-state index contributed by atoms with van der Waals surface area (Å²) < 4.78 is 37.0. The summed E-state index contributed by atoms with van der Waals surface area (Å²) in [7, 11) is 0. The molecule has 0 spiro atoms. The summed E-state index contributed by atoms with van der Waals surface area (Å²) in [4.78, 5) is 1.51. The molecule has 0 aliphatic carbocycles. The number of rotatable bonds is 4. The lowest BCUT2D eigenvalue weighted by Gasteiger charge is -2.40. The Morgan fingerprint density at radius 2 is 1.50 bits per heavy atom. The number of nitrogens with one attached hydrogen (secondary N) is 1. The minimum Gasteiger partial charge on any atom is -0.309 e. The Morgan fingerprint density at radius 3 is 1.90 bits per heavy atom. The molecule has 0 bridgehead atoms. The highest BCUT2D eigenvalue weighted by molar-refractivity contribution is 4.89. The lowest BCUT2D eigenvalue weighted by molar-refractivity contribution is -0.148. The molecule has 5 heteroatoms. The van der Waals surface area contributed by atoms with Gasteiger partial charge in [0.1, 0.15) is 0 Å². The lowest BCUT2D eigenvalue weighted by Crippen LogP contribution is -2.52. The van der Waals surface area contributed by atoms with Crippen molar-refractivity contribution < 1.29 is 13.2 Å². The van der Waals surface area contributed by atoms with Crippen LogP contribution < -0.4 is 5.32 Å². The van der Waals surface area contributed by atoms with E-state index in [0.717, 1.165) is 19.3 Å². The minimum absolute atomic E-state index is 0.0229. The topological polar surface area (TPSA) is 15.3 Å². The van der Waals surface area contributed by atoms with Crippen LogP contribution in [0.1, 0.15) is 53.9 Å². The van der Waals surface area contributed by atoms with Gasteiger partial charge in [-0.2, -0.15) is 13.2 Å². The van der Waals surface area contributed by atoms with E-state index in [4.69, 9.17) is 0 Å². The Hall–Kier alpha value is -0.290. The van der Waals surface area contributed by atoms with Crippen LogP contribution in [-0.2, 0) is 0 Å². The zero-order valence-electron chi connectivity index (χ0n) is 13.4. The van der Waals surface area contributed by atoms with Crippen LogP contribution in [-0.4, -0.2) is 42.3 Å². The molecule has 0 unspecified atom stereocenters. The van der Waals surface area contributed by atoms with E-state index in [0.29, 0.717) is 19.1 Å². The first-order valence-corrected chi connectivity index (χ1v) is 7.43. The molecule has 0 amide bonds. The quantitative estimate of drug-likeness (QED) is 0.848. The fraction of sp³-hybridized carbons (Fsp3) is 1.00. The van der Waals surface area contributed by atoms with Crippen LogP contribution in [0.4, 0.5) is 13.2 Å². The Labute approximate surface area is 121 Å². The molecule has 1 rings (SSSR count). The summed E-state index contributed by atoms with van der Waals surface area (Å²) in [6.45, 7) is 11.3. The second kappa shape index (κ2) is 6.22. The molecule has 120 valence electrons. The molecule has 0 aromatic rings. The zero-order valence-corrected chi connectivity index (χ0v) is 13.4. The molecule has 1 saturated heterocycles. The van der Waals surface area contributed by atoms with E-state index >= 15 is 0 Å². The van der Waals surface area contributed by atoms with Gasteiger partial charge in [-0.25, -0.2) is 0 Å². The Bertz CT molecular complexity index is 297. The standard InChI is InChI=1S/C15H29F3N2/c1-13(2,3)10-14(4,5)19-12-6-8-20(9-7-12)11-15(16,17)18/h12,19H,6-11H2,1-5H3. The number of hydrogen-bond acceptors (Lipinski definition) is 2. The van der Waals surface area contributed by atoms with Crippen molar-refractivity contribution in [3.8, 4) is 0 Å². The summed E-state index contributed by atoms with van der Waals surface area (Å²) in [5.74, 6) is 0. The van der Waals surface area contributed by atoms with E-state index in [1.54, 1.807) is 0 Å². The van der Waals surface area contributed by atoms with Crippen molar-refractivity contribution in [3.05, 3.63) is 0 Å². The lowest BCUT2D eigenvalue weighted by atomic mass is 9.81. The van der Waals surface area contributed by atoms with Gasteiger partial charge >= 0.3 is 6.18 Å². The molecular formula is C15H29F3N2. The van der Waals surface area contributed by atoms with Gasteiger partial charge in [0.25, 0.3) is 0 Å². The first-order chi connectivity index (χ1) is 8.86. The van der Waals surface area contributed by atoms with Crippen LogP contribution in [0.5, 0.6) is 0 Å². The average molecular weight is 294 g/mol. The molecular weight excluding hydrogens is 265 g/mol. The maximum absolute atomic E-state index is 12.3. The van der Waals surface area contributed by atoms with Crippen molar-refractivity contribution in [1.82, 2.24) is 10.2 Å². The second-order valence-electron chi connectivity index (χ2n) is 7.93. The number of piperidine rings is 1. The van der Waals surface area contributed by atoms with Gasteiger partial charge in [-0.05, 0) is 51.6 Å². The van der Waals surface area contributed by atoms with Gasteiger partial charge < -0.3 is 5.32 Å². The molecule has 1 aliphatic heterocycles. The van der Waals surface area contributed by atoms with Crippen molar-refractivity contribution >= 4 is 0 Å². The molecule has 1 N–H and O–H groups in total. The van der Waals surface area contributed by atoms with Crippen molar-refractivity contribution in [3.63, 3.8) is 0 Å². The van der Waals surface area contributed by atoms with Crippen LogP contribution >= 0.6 is 0 Å². The van der Waals surface area contributed by atoms with Crippen molar-refractivity contribution in [1.29, 1.82) is 0 Å². The first-order valence-electron chi connectivity index (χ1n) is 7.43. The van der Waals surface area contributed by atoms with E-state index in [1.165, 1.54) is 4.90 Å². The zero-order chi connectivity index (χ0) is 15.6. The third kappa shape index (κ3) is 7.48. The first kappa shape index (κ1) is 17.8. The van der Waals surface area contributed by atoms with E-state index < -0.39 is 12.7 Å². The largest absolute Gasteiger partial charge is 0.401 e. The number of alkyl halides is 3. The van der Waals surface area contributed by atoms with Crippen molar-refractivity contribution in [2.45, 2.75) is 71.6 Å². The van der Waals surface area contributed by atoms with Gasteiger partial charge in [0, 0.05) is 11.6 Å². The van der Waals surface area contributed by atoms with Gasteiger partial charge in [0.05, 0.1) is 6.54 Å². The average Bonchev–Trinajstić information content (AvgIpc) is 2.14. The van der Waals surface area contributed by atoms with Gasteiger partial charge in [-0.15, -0.1) is 0 Å². The fourth-order valence-electron chi connectivity index (χ4n) is 3.42. The van der Waals surface area contributed by atoms with Gasteiger partial charge in [0.2, 0.25) is 0 Å². The van der Waals surface area contributed by atoms with Crippen LogP contribution in [0, 0.1) is 5.41 Å².